The predicted molar refractivity (Wildman–Crippen MR) is 114 cm³/mol. The van der Waals surface area contributed by atoms with Crippen molar-refractivity contribution in [2.24, 2.45) is 5.92 Å². The normalized spacial score (nSPS) is 12.1. The molecule has 2 aromatic heterocycles. The van der Waals surface area contributed by atoms with Crippen LogP contribution in [0.3, 0.4) is 0 Å². The monoisotopic (exact) mass is 437 g/mol. The summed E-state index contributed by atoms with van der Waals surface area (Å²) in [5.41, 5.74) is 0.917. The highest BCUT2D eigenvalue weighted by atomic mass is 19.1. The van der Waals surface area contributed by atoms with Crippen molar-refractivity contribution in [3.63, 3.8) is 0 Å². The molecular formula is C23H21F2N5O2. The largest absolute Gasteiger partial charge is 0.352 e. The lowest BCUT2D eigenvalue weighted by molar-refractivity contribution is -0.122. The summed E-state index contributed by atoms with van der Waals surface area (Å²) in [6.45, 7) is 2.23. The second kappa shape index (κ2) is 9.09. The average Bonchev–Trinajstić information content (AvgIpc) is 3.17. The van der Waals surface area contributed by atoms with Crippen molar-refractivity contribution in [3.8, 4) is 5.69 Å². The van der Waals surface area contributed by atoms with Crippen LogP contribution in [0.1, 0.15) is 24.7 Å². The van der Waals surface area contributed by atoms with Crippen LogP contribution < -0.4 is 10.9 Å². The molecule has 4 aromatic rings. The summed E-state index contributed by atoms with van der Waals surface area (Å²) < 4.78 is 29.4. The number of halogens is 2. The number of benzene rings is 2. The highest BCUT2D eigenvalue weighted by molar-refractivity contribution is 5.76. The van der Waals surface area contributed by atoms with Gasteiger partial charge in [-0.2, -0.15) is 0 Å². The smallest absolute Gasteiger partial charge is 0.300 e. The molecule has 0 aliphatic heterocycles. The Morgan fingerprint density at radius 2 is 1.84 bits per heavy atom. The van der Waals surface area contributed by atoms with Gasteiger partial charge in [0.05, 0.1) is 5.69 Å². The molecule has 9 heteroatoms. The van der Waals surface area contributed by atoms with Gasteiger partial charge in [0, 0.05) is 31.8 Å². The van der Waals surface area contributed by atoms with Crippen molar-refractivity contribution in [1.29, 1.82) is 0 Å². The molecule has 1 N–H and O–H groups in total. The van der Waals surface area contributed by atoms with Crippen molar-refractivity contribution in [2.45, 2.75) is 26.3 Å². The van der Waals surface area contributed by atoms with Crippen molar-refractivity contribution in [2.75, 3.05) is 0 Å². The Balaban J connectivity index is 1.42. The van der Waals surface area contributed by atoms with Crippen molar-refractivity contribution in [1.82, 2.24) is 24.5 Å². The van der Waals surface area contributed by atoms with Gasteiger partial charge in [0.25, 0.3) is 0 Å². The number of aromatic nitrogens is 4. The van der Waals surface area contributed by atoms with E-state index in [4.69, 9.17) is 0 Å². The average molecular weight is 437 g/mol. The first-order valence-corrected chi connectivity index (χ1v) is 10.1. The van der Waals surface area contributed by atoms with Gasteiger partial charge >= 0.3 is 5.56 Å². The summed E-state index contributed by atoms with van der Waals surface area (Å²) in [5, 5.41) is 10.9. The fourth-order valence-corrected chi connectivity index (χ4v) is 3.48. The molecule has 32 heavy (non-hydrogen) atoms. The van der Waals surface area contributed by atoms with Crippen LogP contribution in [0.5, 0.6) is 0 Å². The Bertz CT molecular complexity index is 1310. The number of carbonyl (C=O) groups excluding carboxylic acids is 1. The Morgan fingerprint density at radius 1 is 1.06 bits per heavy atom. The second-order valence-corrected chi connectivity index (χ2v) is 7.68. The number of fused-ring (bicyclic) bond motifs is 1. The molecule has 0 radical (unpaired) electrons. The van der Waals surface area contributed by atoms with Gasteiger partial charge in [-0.3, -0.25) is 18.6 Å². The van der Waals surface area contributed by atoms with Gasteiger partial charge in [-0.25, -0.2) is 8.78 Å². The Morgan fingerprint density at radius 3 is 2.59 bits per heavy atom. The van der Waals surface area contributed by atoms with Crippen molar-refractivity contribution in [3.05, 3.63) is 94.3 Å². The Kier molecular flexibility index (Phi) is 6.07. The van der Waals surface area contributed by atoms with Gasteiger partial charge < -0.3 is 5.32 Å². The van der Waals surface area contributed by atoms with Gasteiger partial charge in [0.2, 0.25) is 11.6 Å². The Labute approximate surface area is 182 Å². The van der Waals surface area contributed by atoms with E-state index in [-0.39, 0.29) is 29.7 Å². The molecule has 0 unspecified atom stereocenters. The minimum absolute atomic E-state index is 0.0544. The van der Waals surface area contributed by atoms with E-state index in [9.17, 15) is 18.4 Å². The molecule has 0 saturated carbocycles. The number of nitrogens with one attached hydrogen (secondary N) is 1. The number of amides is 1. The van der Waals surface area contributed by atoms with Gasteiger partial charge in [-0.1, -0.05) is 25.1 Å². The first-order valence-electron chi connectivity index (χ1n) is 10.1. The first kappa shape index (κ1) is 21.4. The second-order valence-electron chi connectivity index (χ2n) is 7.68. The lowest BCUT2D eigenvalue weighted by Gasteiger charge is -2.11. The maximum atomic E-state index is 13.5. The fraction of sp³-hybridized carbons (Fsp3) is 0.217. The molecule has 0 saturated heterocycles. The zero-order valence-corrected chi connectivity index (χ0v) is 17.3. The number of hydrogen-bond acceptors (Lipinski definition) is 4. The van der Waals surface area contributed by atoms with Crippen molar-refractivity contribution >= 4 is 11.6 Å². The van der Waals surface area contributed by atoms with Gasteiger partial charge in [-0.05, 0) is 41.8 Å². The first-order chi connectivity index (χ1) is 15.4. The van der Waals surface area contributed by atoms with Crippen LogP contribution >= 0.6 is 0 Å². The van der Waals surface area contributed by atoms with E-state index in [1.807, 2.05) is 6.92 Å². The molecule has 1 amide bonds. The van der Waals surface area contributed by atoms with Gasteiger partial charge in [0.1, 0.15) is 17.5 Å². The molecule has 7 nitrogen and oxygen atoms in total. The van der Waals surface area contributed by atoms with Crippen molar-refractivity contribution < 1.29 is 13.6 Å². The topological polar surface area (TPSA) is 81.3 Å². The van der Waals surface area contributed by atoms with E-state index in [2.05, 4.69) is 15.5 Å². The minimum Gasteiger partial charge on any atom is -0.352 e. The summed E-state index contributed by atoms with van der Waals surface area (Å²) in [7, 11) is 0. The molecule has 0 fully saturated rings. The molecular weight excluding hydrogens is 416 g/mol. The third-order valence-corrected chi connectivity index (χ3v) is 5.10. The lowest BCUT2D eigenvalue weighted by atomic mass is 10.0. The summed E-state index contributed by atoms with van der Waals surface area (Å²) in [4.78, 5) is 25.0. The summed E-state index contributed by atoms with van der Waals surface area (Å²) >= 11 is 0. The van der Waals surface area contributed by atoms with E-state index < -0.39 is 11.4 Å². The van der Waals surface area contributed by atoms with E-state index in [0.717, 1.165) is 5.56 Å². The number of hydrogen-bond donors (Lipinski definition) is 1. The number of nitrogens with zero attached hydrogens (tertiary/aromatic N) is 4. The lowest BCUT2D eigenvalue weighted by Crippen LogP contribution is -2.25. The number of rotatable bonds is 7. The highest BCUT2D eigenvalue weighted by Crippen LogP contribution is 2.13. The molecule has 0 aliphatic rings. The summed E-state index contributed by atoms with van der Waals surface area (Å²) in [6, 6.07) is 11.7. The molecule has 2 aromatic carbocycles. The van der Waals surface area contributed by atoms with Crippen LogP contribution in [0.2, 0.25) is 0 Å². The van der Waals surface area contributed by atoms with E-state index in [1.165, 1.54) is 41.1 Å². The van der Waals surface area contributed by atoms with Crippen LogP contribution in [-0.2, 0) is 17.8 Å². The number of carbonyl (C=O) groups is 1. The summed E-state index contributed by atoms with van der Waals surface area (Å²) in [6.07, 6.45) is 3.89. The Hall–Kier alpha value is -3.88. The molecule has 0 spiro atoms. The zero-order chi connectivity index (χ0) is 22.7. The molecule has 164 valence electrons. The highest BCUT2D eigenvalue weighted by Gasteiger charge is 2.16. The van der Waals surface area contributed by atoms with Crippen LogP contribution in [0, 0.1) is 17.6 Å². The maximum absolute atomic E-state index is 13.5. The third kappa shape index (κ3) is 4.72. The maximum Gasteiger partial charge on any atom is 0.300 e. The minimum atomic E-state index is -0.442. The molecule has 1 atom stereocenters. The molecule has 0 aliphatic carbocycles. The van der Waals surface area contributed by atoms with E-state index in [1.54, 1.807) is 28.8 Å². The summed E-state index contributed by atoms with van der Waals surface area (Å²) in [5.74, 6) is -0.396. The zero-order valence-electron chi connectivity index (χ0n) is 17.3. The van der Waals surface area contributed by atoms with E-state index >= 15 is 0 Å². The standard InChI is InChI=1S/C23H21F2N5O2/c1-15(12-21(31)26-14-16-5-7-17(24)8-6-16)11-20-27-28-22-23(32)29(9-10-30(20)22)19-4-2-3-18(25)13-19/h2-10,13,15H,11-12,14H2,1H3,(H,26,31)/t15-/m0/s1. The molecule has 2 heterocycles. The van der Waals surface area contributed by atoms with Crippen LogP contribution in [0.4, 0.5) is 8.78 Å². The van der Waals surface area contributed by atoms with Gasteiger partial charge in [-0.15, -0.1) is 10.2 Å². The van der Waals surface area contributed by atoms with Gasteiger partial charge in [0.15, 0.2) is 0 Å². The van der Waals surface area contributed by atoms with E-state index in [0.29, 0.717) is 24.5 Å². The predicted octanol–water partition coefficient (Wildman–Crippen LogP) is 3.04. The fourth-order valence-electron chi connectivity index (χ4n) is 3.48. The third-order valence-electron chi connectivity index (χ3n) is 5.10. The quantitative estimate of drug-likeness (QED) is 0.482. The van der Waals surface area contributed by atoms with Crippen LogP contribution in [0.25, 0.3) is 11.3 Å². The molecule has 0 bridgehead atoms. The SMILES string of the molecule is C[C@H](CC(=O)NCc1ccc(F)cc1)Cc1nnc2c(=O)n(-c3cccc(F)c3)ccn12. The van der Waals surface area contributed by atoms with Crippen LogP contribution in [-0.4, -0.2) is 25.1 Å². The van der Waals surface area contributed by atoms with Crippen LogP contribution in [0.15, 0.2) is 65.7 Å². The molecule has 4 rings (SSSR count).